The molecular formula is C54H81N3O12. The van der Waals surface area contributed by atoms with Crippen LogP contribution in [0.15, 0.2) is 36.4 Å². The highest BCUT2D eigenvalue weighted by Gasteiger charge is 2.72. The molecule has 3 aromatic rings. The molecule has 0 atom stereocenters. The second kappa shape index (κ2) is 18.4. The van der Waals surface area contributed by atoms with Crippen molar-refractivity contribution >= 4 is 17.7 Å². The number of phenols is 3. The van der Waals surface area contributed by atoms with Gasteiger partial charge in [0.1, 0.15) is 17.2 Å². The normalized spacial score (nSPS) is 16.8. The Morgan fingerprint density at radius 3 is 0.623 bits per heavy atom. The molecule has 3 aromatic carbocycles. The Morgan fingerprint density at radius 1 is 0.348 bits per heavy atom. The number of nitrogens with zero attached hydrogens (tertiary/aromatic N) is 3. The topological polar surface area (TPSA) is 243 Å². The van der Waals surface area contributed by atoms with Crippen LogP contribution in [-0.4, -0.2) is 96.5 Å². The standard InChI is InChI=1S/C54H81N3O12/c1-46(2,3)34-25-31(26-35(43(34)61)47(4,5)6)19-22-40(58)55-52(64,65)56(41(59)23-20-32-27-36(48(7,8)9)44(62)37(28-32)49(10,11)12)54(68,69)57(53(55,66)67)42(60)24-21-33-29-38(50(13,14)15)45(63)39(30-33)51(16,17)18/h25-30,61-69H,19-24H2,1-18H3. The minimum absolute atomic E-state index is 0.0641. The lowest BCUT2D eigenvalue weighted by atomic mass is 9.78. The van der Waals surface area contributed by atoms with Gasteiger partial charge >= 0.3 is 18.1 Å². The molecule has 15 heteroatoms. The van der Waals surface area contributed by atoms with E-state index in [-0.39, 0.29) is 51.2 Å². The summed E-state index contributed by atoms with van der Waals surface area (Å²) in [7, 11) is 0. The first-order chi connectivity index (χ1) is 30.8. The van der Waals surface area contributed by atoms with Crippen LogP contribution in [0.25, 0.3) is 0 Å². The van der Waals surface area contributed by atoms with Crippen LogP contribution in [0.1, 0.15) is 194 Å². The van der Waals surface area contributed by atoms with E-state index in [1.165, 1.54) is 0 Å². The lowest BCUT2D eigenvalue weighted by Crippen LogP contribution is -2.89. The Labute approximate surface area is 409 Å². The highest BCUT2D eigenvalue weighted by Crippen LogP contribution is 2.45. The molecule has 1 saturated heterocycles. The van der Waals surface area contributed by atoms with Gasteiger partial charge in [0.2, 0.25) is 17.7 Å². The third-order valence-corrected chi connectivity index (χ3v) is 12.8. The minimum Gasteiger partial charge on any atom is -0.507 e. The Balaban J connectivity index is 1.86. The monoisotopic (exact) mass is 964 g/mol. The molecule has 1 heterocycles. The zero-order valence-electron chi connectivity index (χ0n) is 44.3. The zero-order valence-corrected chi connectivity index (χ0v) is 44.3. The van der Waals surface area contributed by atoms with Gasteiger partial charge in [0.05, 0.1) is 0 Å². The maximum Gasteiger partial charge on any atom is 0.353 e. The maximum atomic E-state index is 14.5. The SMILES string of the molecule is CC(C)(C)c1cc(CCC(=O)N2C(O)(O)N(C(=O)CCc3cc(C(C)(C)C)c(O)c(C(C)(C)C)c3)C(O)(O)N(C(=O)CCc3cc(C(C)(C)C)c(O)c(C(C)(C)C)c3)C2(O)O)cc(C(C)(C)C)c1O. The highest BCUT2D eigenvalue weighted by atomic mass is 16.7. The summed E-state index contributed by atoms with van der Waals surface area (Å²) in [5.41, 5.74) is 1.49. The number of hydrogen-bond donors (Lipinski definition) is 9. The van der Waals surface area contributed by atoms with Crippen molar-refractivity contribution in [1.82, 2.24) is 14.7 Å². The van der Waals surface area contributed by atoms with Crippen LogP contribution in [0.5, 0.6) is 17.2 Å². The van der Waals surface area contributed by atoms with Crippen LogP contribution < -0.4 is 0 Å². The van der Waals surface area contributed by atoms with Crippen LogP contribution in [-0.2, 0) is 66.1 Å². The van der Waals surface area contributed by atoms with Crippen LogP contribution >= 0.6 is 0 Å². The lowest BCUT2D eigenvalue weighted by molar-refractivity contribution is -0.557. The molecule has 1 aliphatic heterocycles. The molecule has 0 spiro atoms. The summed E-state index contributed by atoms with van der Waals surface area (Å²) >= 11 is 0. The lowest BCUT2D eigenvalue weighted by Gasteiger charge is -2.60. The van der Waals surface area contributed by atoms with Gasteiger partial charge in [-0.05, 0) is 102 Å². The molecule has 0 bridgehead atoms. The molecular weight excluding hydrogens is 883 g/mol. The van der Waals surface area contributed by atoms with Crippen LogP contribution in [0.2, 0.25) is 0 Å². The maximum absolute atomic E-state index is 14.5. The van der Waals surface area contributed by atoms with E-state index >= 15 is 0 Å². The molecule has 3 amide bonds. The second-order valence-corrected chi connectivity index (χ2v) is 25.1. The summed E-state index contributed by atoms with van der Waals surface area (Å²) in [6.07, 6.45) is -2.64. The van der Waals surface area contributed by atoms with Crippen LogP contribution in [0.3, 0.4) is 0 Å². The third kappa shape index (κ3) is 11.7. The van der Waals surface area contributed by atoms with Gasteiger partial charge in [-0.1, -0.05) is 161 Å². The molecule has 0 aromatic heterocycles. The predicted molar refractivity (Wildman–Crippen MR) is 264 cm³/mol. The Kier molecular flexibility index (Phi) is 15.2. The van der Waals surface area contributed by atoms with Crippen molar-refractivity contribution in [3.63, 3.8) is 0 Å². The minimum atomic E-state index is -4.19. The fourth-order valence-corrected chi connectivity index (χ4v) is 8.94. The average Bonchev–Trinajstić information content (AvgIpc) is 3.12. The zero-order chi connectivity index (χ0) is 53.4. The van der Waals surface area contributed by atoms with Crippen molar-refractivity contribution in [3.8, 4) is 17.2 Å². The van der Waals surface area contributed by atoms with Gasteiger partial charge in [0, 0.05) is 19.3 Å². The molecule has 69 heavy (non-hydrogen) atoms. The second-order valence-electron chi connectivity index (χ2n) is 25.1. The molecule has 1 fully saturated rings. The first kappa shape index (κ1) is 56.8. The number of aromatic hydroxyl groups is 3. The van der Waals surface area contributed by atoms with Gasteiger partial charge in [-0.3, -0.25) is 14.4 Å². The van der Waals surface area contributed by atoms with Crippen LogP contribution in [0, 0.1) is 0 Å². The summed E-state index contributed by atoms with van der Waals surface area (Å²) in [6.45, 7) is 34.1. The van der Waals surface area contributed by atoms with Crippen molar-refractivity contribution < 1.29 is 60.3 Å². The molecule has 0 aliphatic carbocycles. The number of carbonyl (C=O) groups excluding carboxylic acids is 3. The van der Waals surface area contributed by atoms with Gasteiger partial charge in [0.25, 0.3) is 0 Å². The first-order valence-electron chi connectivity index (χ1n) is 23.7. The molecule has 0 radical (unpaired) electrons. The fourth-order valence-electron chi connectivity index (χ4n) is 8.94. The van der Waals surface area contributed by atoms with Gasteiger partial charge in [0.15, 0.2) is 0 Å². The molecule has 384 valence electrons. The summed E-state index contributed by atoms with van der Waals surface area (Å²) in [4.78, 5) is 42.4. The Bertz CT molecular complexity index is 2050. The quantitative estimate of drug-likeness (QED) is 0.0979. The van der Waals surface area contributed by atoms with Crippen molar-refractivity contribution in [2.45, 2.75) is 214 Å². The number of carbonyl (C=O) groups is 3. The van der Waals surface area contributed by atoms with E-state index < -0.39 is 87.6 Å². The number of benzene rings is 3. The third-order valence-electron chi connectivity index (χ3n) is 12.8. The number of amides is 3. The van der Waals surface area contributed by atoms with Gasteiger partial charge in [-0.25, -0.2) is 0 Å². The fraction of sp³-hybridized carbons (Fsp3) is 0.611. The van der Waals surface area contributed by atoms with Gasteiger partial charge < -0.3 is 46.0 Å². The molecule has 4 rings (SSSR count). The molecule has 1 aliphatic rings. The van der Waals surface area contributed by atoms with E-state index in [9.17, 15) is 60.3 Å². The van der Waals surface area contributed by atoms with E-state index in [0.717, 1.165) is 0 Å². The predicted octanol–water partition coefficient (Wildman–Crippen LogP) is 7.07. The van der Waals surface area contributed by atoms with Gasteiger partial charge in [-0.2, -0.15) is 14.7 Å². The van der Waals surface area contributed by atoms with E-state index in [1.54, 1.807) is 36.4 Å². The number of phenolic OH excluding ortho intramolecular Hbond substituents is 3. The number of rotatable bonds is 9. The largest absolute Gasteiger partial charge is 0.507 e. The molecule has 9 N–H and O–H groups in total. The van der Waals surface area contributed by atoms with Crippen molar-refractivity contribution in [2.24, 2.45) is 0 Å². The summed E-state index contributed by atoms with van der Waals surface area (Å²) in [5, 5.41) is 105. The first-order valence-corrected chi connectivity index (χ1v) is 23.7. The van der Waals surface area contributed by atoms with E-state index in [1.807, 2.05) is 125 Å². The number of hydrogen-bond acceptors (Lipinski definition) is 12. The van der Waals surface area contributed by atoms with Crippen LogP contribution in [0.4, 0.5) is 0 Å². The number of aryl methyl sites for hydroxylation is 3. The number of aliphatic hydroxyl groups is 6. The average molecular weight is 964 g/mol. The molecule has 0 saturated carbocycles. The van der Waals surface area contributed by atoms with Crippen molar-refractivity contribution in [2.75, 3.05) is 0 Å². The van der Waals surface area contributed by atoms with E-state index in [0.29, 0.717) is 50.1 Å². The Morgan fingerprint density at radius 2 is 0.493 bits per heavy atom. The summed E-state index contributed by atoms with van der Waals surface area (Å²) in [5.74, 6) is -4.09. The summed E-state index contributed by atoms with van der Waals surface area (Å²) in [6, 6.07) is -2.48. The Hall–Kier alpha value is -4.77. The molecule has 0 unspecified atom stereocenters. The smallest absolute Gasteiger partial charge is 0.353 e. The van der Waals surface area contributed by atoms with Crippen molar-refractivity contribution in [1.29, 1.82) is 0 Å². The molecule has 15 nitrogen and oxygen atoms in total. The van der Waals surface area contributed by atoms with Gasteiger partial charge in [-0.15, -0.1) is 0 Å². The van der Waals surface area contributed by atoms with E-state index in [4.69, 9.17) is 0 Å². The van der Waals surface area contributed by atoms with E-state index in [2.05, 4.69) is 0 Å². The summed E-state index contributed by atoms with van der Waals surface area (Å²) < 4.78 is 0. The van der Waals surface area contributed by atoms with Crippen molar-refractivity contribution in [3.05, 3.63) is 86.5 Å². The highest BCUT2D eigenvalue weighted by molar-refractivity contribution is 5.84.